The maximum atomic E-state index is 13.1. The molecule has 2 aromatic carbocycles. The van der Waals surface area contributed by atoms with E-state index in [0.717, 1.165) is 23.4 Å². The third kappa shape index (κ3) is 3.23. The summed E-state index contributed by atoms with van der Waals surface area (Å²) in [7, 11) is 1.39. The number of benzene rings is 2. The number of hydrogen-bond acceptors (Lipinski definition) is 4. The first-order valence-corrected chi connectivity index (χ1v) is 9.14. The van der Waals surface area contributed by atoms with E-state index in [0.29, 0.717) is 31.8 Å². The molecule has 1 unspecified atom stereocenters. The summed E-state index contributed by atoms with van der Waals surface area (Å²) in [4.78, 5) is 28.8. The van der Waals surface area contributed by atoms with Gasteiger partial charge in [0.1, 0.15) is 12.4 Å². The number of fused-ring (bicyclic) bond motifs is 1. The highest BCUT2D eigenvalue weighted by Crippen LogP contribution is 2.34. The van der Waals surface area contributed by atoms with E-state index in [4.69, 9.17) is 9.47 Å². The molecule has 1 atom stereocenters. The molecule has 2 amide bonds. The molecule has 0 spiro atoms. The van der Waals surface area contributed by atoms with Crippen molar-refractivity contribution in [2.24, 2.45) is 0 Å². The lowest BCUT2D eigenvalue weighted by Crippen LogP contribution is -2.45. The predicted molar refractivity (Wildman–Crippen MR) is 101 cm³/mol. The molecule has 27 heavy (non-hydrogen) atoms. The quantitative estimate of drug-likeness (QED) is 0.766. The van der Waals surface area contributed by atoms with E-state index in [2.05, 4.69) is 0 Å². The number of carbonyl (C=O) groups is 2. The van der Waals surface area contributed by atoms with Crippen LogP contribution < -0.4 is 9.64 Å². The van der Waals surface area contributed by atoms with Crippen LogP contribution in [0.1, 0.15) is 28.3 Å². The number of rotatable bonds is 2. The van der Waals surface area contributed by atoms with Crippen LogP contribution in [0.5, 0.6) is 5.75 Å². The Bertz CT molecular complexity index is 867. The molecule has 1 fully saturated rings. The van der Waals surface area contributed by atoms with E-state index >= 15 is 0 Å². The summed E-state index contributed by atoms with van der Waals surface area (Å²) >= 11 is 0. The Kier molecular flexibility index (Phi) is 4.71. The molecule has 0 saturated carbocycles. The van der Waals surface area contributed by atoms with Gasteiger partial charge in [-0.3, -0.25) is 4.90 Å². The van der Waals surface area contributed by atoms with Gasteiger partial charge in [-0.15, -0.1) is 0 Å². The normalized spacial score (nSPS) is 18.6. The van der Waals surface area contributed by atoms with Gasteiger partial charge in [0.25, 0.3) is 0 Å². The number of ether oxygens (including phenoxy) is 2. The Morgan fingerprint density at radius 2 is 1.85 bits per heavy atom. The number of esters is 1. The molecule has 6 heteroatoms. The molecule has 2 heterocycles. The minimum Gasteiger partial charge on any atom is -0.490 e. The van der Waals surface area contributed by atoms with Crippen molar-refractivity contribution < 1.29 is 19.1 Å². The zero-order chi connectivity index (χ0) is 18.8. The molecule has 0 bridgehead atoms. The Morgan fingerprint density at radius 1 is 1.07 bits per heavy atom. The van der Waals surface area contributed by atoms with Crippen molar-refractivity contribution in [1.29, 1.82) is 0 Å². The van der Waals surface area contributed by atoms with Gasteiger partial charge in [-0.2, -0.15) is 0 Å². The zero-order valence-electron chi connectivity index (χ0n) is 15.3. The number of urea groups is 1. The second kappa shape index (κ2) is 7.31. The van der Waals surface area contributed by atoms with Gasteiger partial charge in [0, 0.05) is 19.0 Å². The fraction of sp³-hybridized carbons (Fsp3) is 0.333. The molecule has 2 aliphatic rings. The number of methoxy groups -OCH3 is 1. The van der Waals surface area contributed by atoms with E-state index in [-0.39, 0.29) is 17.9 Å². The van der Waals surface area contributed by atoms with Crippen LogP contribution in [0.2, 0.25) is 0 Å². The summed E-state index contributed by atoms with van der Waals surface area (Å²) < 4.78 is 10.6. The van der Waals surface area contributed by atoms with E-state index in [1.807, 2.05) is 47.4 Å². The molecular formula is C21H22N2O4. The number of hydrogen-bond donors (Lipinski definition) is 0. The summed E-state index contributed by atoms with van der Waals surface area (Å²) in [6.07, 6.45) is 0.825. The van der Waals surface area contributed by atoms with E-state index < -0.39 is 0 Å². The van der Waals surface area contributed by atoms with Crippen molar-refractivity contribution >= 4 is 17.7 Å². The molecule has 6 nitrogen and oxygen atoms in total. The highest BCUT2D eigenvalue weighted by molar-refractivity contribution is 5.94. The minimum absolute atomic E-state index is 0.0104. The Hall–Kier alpha value is -3.02. The van der Waals surface area contributed by atoms with Crippen LogP contribution in [0, 0.1) is 0 Å². The molecule has 1 saturated heterocycles. The van der Waals surface area contributed by atoms with Gasteiger partial charge in [-0.1, -0.05) is 30.3 Å². The number of anilines is 1. The van der Waals surface area contributed by atoms with E-state index in [1.54, 1.807) is 11.0 Å². The van der Waals surface area contributed by atoms with Gasteiger partial charge in [-0.05, 0) is 30.2 Å². The van der Waals surface area contributed by atoms with Crippen LogP contribution in [-0.2, 0) is 4.74 Å². The van der Waals surface area contributed by atoms with Crippen LogP contribution in [0.25, 0.3) is 0 Å². The SMILES string of the molecule is COC(=O)c1ccccc1C1CCN(C(=O)N2CCOc3ccccc32)C1. The van der Waals surface area contributed by atoms with Gasteiger partial charge in [0.05, 0.1) is 24.9 Å². The van der Waals surface area contributed by atoms with Crippen molar-refractivity contribution in [3.05, 3.63) is 59.7 Å². The molecule has 0 aromatic heterocycles. The van der Waals surface area contributed by atoms with Gasteiger partial charge in [0.15, 0.2) is 0 Å². The van der Waals surface area contributed by atoms with Crippen molar-refractivity contribution in [3.63, 3.8) is 0 Å². The minimum atomic E-state index is -0.336. The van der Waals surface area contributed by atoms with Crippen molar-refractivity contribution in [1.82, 2.24) is 4.90 Å². The van der Waals surface area contributed by atoms with Crippen molar-refractivity contribution in [3.8, 4) is 5.75 Å². The highest BCUT2D eigenvalue weighted by atomic mass is 16.5. The largest absolute Gasteiger partial charge is 0.490 e. The first kappa shape index (κ1) is 17.4. The van der Waals surface area contributed by atoms with Crippen LogP contribution in [0.15, 0.2) is 48.5 Å². The van der Waals surface area contributed by atoms with Crippen LogP contribution in [-0.4, -0.2) is 50.3 Å². The van der Waals surface area contributed by atoms with Crippen LogP contribution in [0.4, 0.5) is 10.5 Å². The Balaban J connectivity index is 1.53. The van der Waals surface area contributed by atoms with Crippen molar-refractivity contribution in [2.75, 3.05) is 38.3 Å². The van der Waals surface area contributed by atoms with Crippen LogP contribution in [0.3, 0.4) is 0 Å². The third-order valence-electron chi connectivity index (χ3n) is 5.22. The predicted octanol–water partition coefficient (Wildman–Crippen LogP) is 3.28. The lowest BCUT2D eigenvalue weighted by Gasteiger charge is -2.32. The monoisotopic (exact) mass is 366 g/mol. The maximum Gasteiger partial charge on any atom is 0.338 e. The summed E-state index contributed by atoms with van der Waals surface area (Å²) in [5, 5.41) is 0. The molecule has 4 rings (SSSR count). The zero-order valence-corrected chi connectivity index (χ0v) is 15.3. The maximum absolute atomic E-state index is 13.1. The number of carbonyl (C=O) groups excluding carboxylic acids is 2. The topological polar surface area (TPSA) is 59.1 Å². The lowest BCUT2D eigenvalue weighted by molar-refractivity contribution is 0.0599. The average molecular weight is 366 g/mol. The van der Waals surface area contributed by atoms with Crippen LogP contribution >= 0.6 is 0 Å². The molecule has 0 aliphatic carbocycles. The molecule has 0 N–H and O–H groups in total. The fourth-order valence-electron chi connectivity index (χ4n) is 3.88. The smallest absolute Gasteiger partial charge is 0.338 e. The summed E-state index contributed by atoms with van der Waals surface area (Å²) in [5.41, 5.74) is 2.34. The summed E-state index contributed by atoms with van der Waals surface area (Å²) in [6, 6.07) is 15.1. The first-order chi connectivity index (χ1) is 13.2. The molecule has 2 aromatic rings. The Labute approximate surface area is 158 Å². The molecule has 140 valence electrons. The average Bonchev–Trinajstić information content (AvgIpc) is 3.22. The van der Waals surface area contributed by atoms with Crippen molar-refractivity contribution in [2.45, 2.75) is 12.3 Å². The number of nitrogens with zero attached hydrogens (tertiary/aromatic N) is 2. The van der Waals surface area contributed by atoms with E-state index in [1.165, 1.54) is 7.11 Å². The molecular weight excluding hydrogens is 344 g/mol. The second-order valence-electron chi connectivity index (χ2n) is 6.76. The highest BCUT2D eigenvalue weighted by Gasteiger charge is 2.34. The second-order valence-corrected chi connectivity index (χ2v) is 6.76. The van der Waals surface area contributed by atoms with Gasteiger partial charge in [-0.25, -0.2) is 9.59 Å². The number of likely N-dealkylation sites (tertiary alicyclic amines) is 1. The van der Waals surface area contributed by atoms with E-state index in [9.17, 15) is 9.59 Å². The fourth-order valence-corrected chi connectivity index (χ4v) is 3.88. The van der Waals surface area contributed by atoms with Gasteiger partial charge in [0.2, 0.25) is 0 Å². The third-order valence-corrected chi connectivity index (χ3v) is 5.22. The number of para-hydroxylation sites is 2. The summed E-state index contributed by atoms with van der Waals surface area (Å²) in [6.45, 7) is 2.28. The van der Waals surface area contributed by atoms with Gasteiger partial charge < -0.3 is 14.4 Å². The Morgan fingerprint density at radius 3 is 2.70 bits per heavy atom. The molecule has 0 radical (unpaired) electrons. The molecule has 2 aliphatic heterocycles. The first-order valence-electron chi connectivity index (χ1n) is 9.14. The standard InChI is InChI=1S/C21H22N2O4/c1-26-20(24)17-7-3-2-6-16(17)15-10-11-22(14-15)21(25)23-12-13-27-19-9-5-4-8-18(19)23/h2-9,15H,10-14H2,1H3. The van der Waals surface area contributed by atoms with Gasteiger partial charge >= 0.3 is 12.0 Å². The summed E-state index contributed by atoms with van der Waals surface area (Å²) in [5.74, 6) is 0.530. The number of amides is 2. The lowest BCUT2D eigenvalue weighted by atomic mass is 9.93.